The van der Waals surface area contributed by atoms with Gasteiger partial charge in [0.25, 0.3) is 11.8 Å². The minimum atomic E-state index is -1.11. The van der Waals surface area contributed by atoms with E-state index in [2.05, 4.69) is 23.3 Å². The molecule has 0 bridgehead atoms. The zero-order valence-corrected chi connectivity index (χ0v) is 20.4. The highest BCUT2D eigenvalue weighted by atomic mass is 16.2. The first-order valence-corrected chi connectivity index (χ1v) is 12.6. The third-order valence-electron chi connectivity index (χ3n) is 7.40. The summed E-state index contributed by atoms with van der Waals surface area (Å²) in [6.07, 6.45) is 6.29. The van der Waals surface area contributed by atoms with Crippen LogP contribution in [0.15, 0.2) is 48.5 Å². The Bertz CT molecular complexity index is 1300. The van der Waals surface area contributed by atoms with Crippen LogP contribution in [0.2, 0.25) is 0 Å². The average molecular weight is 473 g/mol. The molecule has 1 saturated heterocycles. The van der Waals surface area contributed by atoms with Gasteiger partial charge in [-0.15, -0.1) is 0 Å². The highest BCUT2D eigenvalue weighted by Crippen LogP contribution is 2.45. The molecular weight excluding hydrogens is 440 g/mol. The van der Waals surface area contributed by atoms with E-state index >= 15 is 0 Å². The molecule has 1 fully saturated rings. The number of hydrogen-bond acceptors (Lipinski definition) is 3. The van der Waals surface area contributed by atoms with Crippen molar-refractivity contribution in [1.29, 1.82) is 0 Å². The van der Waals surface area contributed by atoms with E-state index in [1.165, 1.54) is 24.2 Å². The Morgan fingerprint density at radius 3 is 2.69 bits per heavy atom. The summed E-state index contributed by atoms with van der Waals surface area (Å²) in [7, 11) is 0. The predicted molar refractivity (Wildman–Crippen MR) is 136 cm³/mol. The lowest BCUT2D eigenvalue weighted by molar-refractivity contribution is -0.125. The maximum atomic E-state index is 13.8. The van der Waals surface area contributed by atoms with E-state index in [4.69, 9.17) is 0 Å². The largest absolute Gasteiger partial charge is 0.356 e. The molecule has 3 heterocycles. The molecule has 3 aromatic rings. The monoisotopic (exact) mass is 472 g/mol. The molecular formula is C28H32N4O3. The van der Waals surface area contributed by atoms with E-state index in [0.717, 1.165) is 35.0 Å². The van der Waals surface area contributed by atoms with Crippen molar-refractivity contribution in [3.63, 3.8) is 0 Å². The minimum Gasteiger partial charge on any atom is -0.356 e. The van der Waals surface area contributed by atoms with E-state index in [1.807, 2.05) is 25.1 Å². The summed E-state index contributed by atoms with van der Waals surface area (Å²) in [5, 5.41) is 4.05. The lowest BCUT2D eigenvalue weighted by Crippen LogP contribution is -2.49. The summed E-state index contributed by atoms with van der Waals surface area (Å²) < 4.78 is 0. The molecule has 182 valence electrons. The van der Waals surface area contributed by atoms with E-state index in [9.17, 15) is 14.4 Å². The molecule has 2 aliphatic heterocycles. The molecule has 0 radical (unpaired) electrons. The molecule has 5 rings (SSSR count). The van der Waals surface area contributed by atoms with Crippen LogP contribution < -0.4 is 10.2 Å². The Labute approximate surface area is 205 Å². The number of carbonyl (C=O) groups is 3. The van der Waals surface area contributed by atoms with E-state index in [0.29, 0.717) is 30.8 Å². The van der Waals surface area contributed by atoms with Gasteiger partial charge in [0.15, 0.2) is 5.54 Å². The number of imide groups is 1. The summed E-state index contributed by atoms with van der Waals surface area (Å²) in [4.78, 5) is 46.3. The first-order chi connectivity index (χ1) is 17.0. The minimum absolute atomic E-state index is 0.191. The van der Waals surface area contributed by atoms with Gasteiger partial charge in [-0.3, -0.25) is 9.59 Å². The number of amides is 4. The fourth-order valence-corrected chi connectivity index (χ4v) is 5.44. The summed E-state index contributed by atoms with van der Waals surface area (Å²) in [5.74, 6) is -0.494. The molecule has 2 aliphatic rings. The van der Waals surface area contributed by atoms with Crippen molar-refractivity contribution in [2.45, 2.75) is 57.9 Å². The Morgan fingerprint density at radius 1 is 1.06 bits per heavy atom. The second kappa shape index (κ2) is 9.21. The molecule has 0 aliphatic carbocycles. The second-order valence-corrected chi connectivity index (χ2v) is 9.64. The first-order valence-electron chi connectivity index (χ1n) is 12.6. The Kier molecular flexibility index (Phi) is 6.09. The normalized spacial score (nSPS) is 19.3. The Hall–Kier alpha value is -3.61. The van der Waals surface area contributed by atoms with Crippen molar-refractivity contribution in [3.8, 4) is 0 Å². The average Bonchev–Trinajstić information content (AvgIpc) is 3.35. The summed E-state index contributed by atoms with van der Waals surface area (Å²) in [5.41, 5.74) is 2.59. The topological polar surface area (TPSA) is 85.5 Å². The van der Waals surface area contributed by atoms with E-state index < -0.39 is 5.54 Å². The van der Waals surface area contributed by atoms with Gasteiger partial charge in [-0.25, -0.2) is 9.69 Å². The van der Waals surface area contributed by atoms with Gasteiger partial charge in [0, 0.05) is 29.6 Å². The number of nitrogens with zero attached hydrogens (tertiary/aromatic N) is 2. The van der Waals surface area contributed by atoms with Crippen LogP contribution in [0.25, 0.3) is 10.9 Å². The van der Waals surface area contributed by atoms with Crippen molar-refractivity contribution >= 4 is 34.4 Å². The van der Waals surface area contributed by atoms with Gasteiger partial charge < -0.3 is 15.2 Å². The summed E-state index contributed by atoms with van der Waals surface area (Å²) >= 11 is 0. The molecule has 7 heteroatoms. The zero-order chi connectivity index (χ0) is 24.6. The number of carbonyl (C=O) groups excluding carboxylic acids is 3. The van der Waals surface area contributed by atoms with Crippen LogP contribution in [-0.4, -0.2) is 40.8 Å². The number of nitrogens with one attached hydrogen (secondary N) is 2. The number of para-hydroxylation sites is 1. The van der Waals surface area contributed by atoms with Crippen molar-refractivity contribution in [2.75, 3.05) is 18.0 Å². The van der Waals surface area contributed by atoms with Crippen LogP contribution in [0.3, 0.4) is 0 Å². The van der Waals surface area contributed by atoms with Crippen molar-refractivity contribution in [2.24, 2.45) is 0 Å². The first kappa shape index (κ1) is 23.1. The maximum absolute atomic E-state index is 13.8. The van der Waals surface area contributed by atoms with Crippen molar-refractivity contribution in [3.05, 3.63) is 65.4 Å². The fourth-order valence-electron chi connectivity index (χ4n) is 5.44. The van der Waals surface area contributed by atoms with Crippen LogP contribution in [0.4, 0.5) is 10.5 Å². The van der Waals surface area contributed by atoms with Crippen LogP contribution in [-0.2, 0) is 16.8 Å². The van der Waals surface area contributed by atoms with Crippen molar-refractivity contribution in [1.82, 2.24) is 15.2 Å². The number of fused-ring (bicyclic) bond motifs is 5. The van der Waals surface area contributed by atoms with E-state index in [1.54, 1.807) is 29.2 Å². The smallest absolute Gasteiger partial charge is 0.332 e. The van der Waals surface area contributed by atoms with Crippen LogP contribution in [0.5, 0.6) is 0 Å². The molecule has 1 unspecified atom stereocenters. The number of hydrogen-bond donors (Lipinski definition) is 2. The molecule has 2 N–H and O–H groups in total. The van der Waals surface area contributed by atoms with Crippen molar-refractivity contribution < 1.29 is 14.4 Å². The van der Waals surface area contributed by atoms with Crippen LogP contribution >= 0.6 is 0 Å². The molecule has 1 aromatic heterocycles. The lowest BCUT2D eigenvalue weighted by Gasteiger charge is -2.35. The lowest BCUT2D eigenvalue weighted by atomic mass is 9.87. The second-order valence-electron chi connectivity index (χ2n) is 9.64. The number of rotatable bonds is 8. The molecule has 4 amide bonds. The van der Waals surface area contributed by atoms with Gasteiger partial charge >= 0.3 is 6.03 Å². The number of urea groups is 1. The molecule has 2 aromatic carbocycles. The number of aromatic amines is 1. The van der Waals surface area contributed by atoms with Gasteiger partial charge in [-0.2, -0.15) is 0 Å². The summed E-state index contributed by atoms with van der Waals surface area (Å²) in [6, 6.07) is 14.4. The molecule has 1 atom stereocenters. The molecule has 7 nitrogen and oxygen atoms in total. The molecule has 0 spiro atoms. The highest BCUT2D eigenvalue weighted by Gasteiger charge is 2.59. The van der Waals surface area contributed by atoms with Gasteiger partial charge in [-0.1, -0.05) is 56.9 Å². The van der Waals surface area contributed by atoms with E-state index in [-0.39, 0.29) is 17.8 Å². The summed E-state index contributed by atoms with van der Waals surface area (Å²) in [6.45, 7) is 5.07. The quantitative estimate of drug-likeness (QED) is 0.353. The third-order valence-corrected chi connectivity index (χ3v) is 7.40. The van der Waals surface area contributed by atoms with Gasteiger partial charge in [0.2, 0.25) is 0 Å². The van der Waals surface area contributed by atoms with Gasteiger partial charge in [0.1, 0.15) is 0 Å². The fraction of sp³-hybridized carbons (Fsp3) is 0.393. The zero-order valence-electron chi connectivity index (χ0n) is 20.4. The van der Waals surface area contributed by atoms with Crippen LogP contribution in [0, 0.1) is 0 Å². The molecule has 0 saturated carbocycles. The number of unbranched alkanes of at least 4 members (excludes halogenated alkanes) is 4. The number of benzene rings is 2. The maximum Gasteiger partial charge on any atom is 0.332 e. The van der Waals surface area contributed by atoms with Crippen LogP contribution in [0.1, 0.15) is 67.6 Å². The van der Waals surface area contributed by atoms with Gasteiger partial charge in [-0.05, 0) is 49.6 Å². The third kappa shape index (κ3) is 3.79. The Morgan fingerprint density at radius 2 is 1.86 bits per heavy atom. The predicted octanol–water partition coefficient (Wildman–Crippen LogP) is 5.11. The molecule has 35 heavy (non-hydrogen) atoms. The number of aromatic nitrogens is 1. The van der Waals surface area contributed by atoms with Gasteiger partial charge in [0.05, 0.1) is 11.4 Å². The highest BCUT2D eigenvalue weighted by molar-refractivity contribution is 6.24. The Balaban J connectivity index is 1.39. The number of anilines is 1. The standard InChI is InChI=1S/C28H32N4O3/c1-3-4-5-6-9-16-29-25(33)19-11-10-12-20(18-19)32-26(34)28(2)24-22(15-17-31(28)27(32)35)21-13-7-8-14-23(21)30-24/h7-8,10-14,18,30H,3-6,9,15-17H2,1-2H3,(H,29,33). The SMILES string of the molecule is CCCCCCCNC(=O)c1cccc(N2C(=O)N3CCc4c([nH]c5ccccc45)C3(C)C2=O)c1. The number of H-pyrrole nitrogens is 1.